The van der Waals surface area contributed by atoms with Crippen LogP contribution in [0.5, 0.6) is 0 Å². The van der Waals surface area contributed by atoms with E-state index in [1.165, 1.54) is 12.1 Å². The number of nitrogens with one attached hydrogen (secondary N) is 1. The molecule has 1 N–H and O–H groups in total. The number of hydrogen-bond donors (Lipinski definition) is 1. The lowest BCUT2D eigenvalue weighted by molar-refractivity contribution is -0.117. The van der Waals surface area contributed by atoms with E-state index < -0.39 is 0 Å². The topological polar surface area (TPSA) is 50.2 Å². The fourth-order valence-electron chi connectivity index (χ4n) is 3.67. The highest BCUT2D eigenvalue weighted by molar-refractivity contribution is 5.97. The van der Waals surface area contributed by atoms with Crippen molar-refractivity contribution in [3.8, 4) is 0 Å². The zero-order valence-electron chi connectivity index (χ0n) is 14.7. The molecule has 1 aromatic heterocycles. The molecule has 0 spiro atoms. The first-order chi connectivity index (χ1) is 12.7. The van der Waals surface area contributed by atoms with Crippen molar-refractivity contribution in [2.75, 3.05) is 16.8 Å². The molecule has 0 bridgehead atoms. The van der Waals surface area contributed by atoms with Crippen LogP contribution in [0.4, 0.5) is 16.0 Å². The molecule has 2 aromatic carbocycles. The minimum atomic E-state index is -0.309. The first-order valence-corrected chi connectivity index (χ1v) is 8.95. The smallest absolute Gasteiger partial charge is 0.249 e. The molecule has 0 saturated carbocycles. The van der Waals surface area contributed by atoms with Crippen molar-refractivity contribution in [2.45, 2.75) is 32.4 Å². The van der Waals surface area contributed by atoms with Crippen LogP contribution in [0.2, 0.25) is 0 Å². The zero-order valence-corrected chi connectivity index (χ0v) is 14.7. The van der Waals surface area contributed by atoms with Crippen molar-refractivity contribution in [1.29, 1.82) is 0 Å². The molecule has 6 heteroatoms. The Balaban J connectivity index is 1.61. The molecule has 1 aliphatic rings. The average Bonchev–Trinajstić information content (AvgIpc) is 3.26. The van der Waals surface area contributed by atoms with Crippen LogP contribution >= 0.6 is 0 Å². The summed E-state index contributed by atoms with van der Waals surface area (Å²) in [5, 5.41) is 2.96. The number of rotatable bonds is 4. The second-order valence-corrected chi connectivity index (χ2v) is 6.49. The summed E-state index contributed by atoms with van der Waals surface area (Å²) in [7, 11) is 0. The van der Waals surface area contributed by atoms with Gasteiger partial charge >= 0.3 is 0 Å². The predicted octanol–water partition coefficient (Wildman–Crippen LogP) is 3.80. The van der Waals surface area contributed by atoms with Gasteiger partial charge in [-0.2, -0.15) is 0 Å². The maximum atomic E-state index is 13.6. The van der Waals surface area contributed by atoms with Crippen molar-refractivity contribution in [2.24, 2.45) is 0 Å². The maximum absolute atomic E-state index is 13.6. The van der Waals surface area contributed by atoms with Crippen LogP contribution in [0.25, 0.3) is 11.0 Å². The van der Waals surface area contributed by atoms with E-state index in [0.29, 0.717) is 23.5 Å². The van der Waals surface area contributed by atoms with Crippen molar-refractivity contribution >= 4 is 28.6 Å². The van der Waals surface area contributed by atoms with Crippen LogP contribution in [-0.4, -0.2) is 28.0 Å². The van der Waals surface area contributed by atoms with Crippen molar-refractivity contribution in [1.82, 2.24) is 9.55 Å². The van der Waals surface area contributed by atoms with E-state index in [1.807, 2.05) is 41.8 Å². The Morgan fingerprint density at radius 3 is 2.85 bits per heavy atom. The van der Waals surface area contributed by atoms with Gasteiger partial charge in [-0.1, -0.05) is 18.2 Å². The molecule has 0 radical (unpaired) electrons. The van der Waals surface area contributed by atoms with E-state index in [2.05, 4.69) is 15.2 Å². The molecule has 1 atom stereocenters. The highest BCUT2D eigenvalue weighted by atomic mass is 19.1. The van der Waals surface area contributed by atoms with E-state index in [-0.39, 0.29) is 17.8 Å². The van der Waals surface area contributed by atoms with E-state index in [9.17, 15) is 9.18 Å². The normalized spacial score (nSPS) is 17.0. The molecule has 1 fully saturated rings. The number of anilines is 2. The number of amides is 1. The molecular formula is C20H21FN4O. The van der Waals surface area contributed by atoms with Crippen LogP contribution in [-0.2, 0) is 11.3 Å². The highest BCUT2D eigenvalue weighted by Gasteiger charge is 2.31. The van der Waals surface area contributed by atoms with Crippen molar-refractivity contribution in [3.63, 3.8) is 0 Å². The summed E-state index contributed by atoms with van der Waals surface area (Å²) in [6, 6.07) is 14.2. The van der Waals surface area contributed by atoms with E-state index in [4.69, 9.17) is 0 Å². The lowest BCUT2D eigenvalue weighted by atomic mass is 10.2. The van der Waals surface area contributed by atoms with Gasteiger partial charge < -0.3 is 9.47 Å². The van der Waals surface area contributed by atoms with E-state index >= 15 is 0 Å². The monoisotopic (exact) mass is 352 g/mol. The largest absolute Gasteiger partial charge is 0.360 e. The number of halogens is 1. The summed E-state index contributed by atoms with van der Waals surface area (Å²) < 4.78 is 15.4. The zero-order chi connectivity index (χ0) is 18.1. The molecule has 3 aromatic rings. The van der Waals surface area contributed by atoms with E-state index in [0.717, 1.165) is 25.1 Å². The Labute approximate surface area is 151 Å². The number of carbonyl (C=O) groups excluding carboxylic acids is 1. The maximum Gasteiger partial charge on any atom is 0.249 e. The third kappa shape index (κ3) is 2.92. The van der Waals surface area contributed by atoms with Crippen molar-refractivity contribution in [3.05, 3.63) is 54.3 Å². The summed E-state index contributed by atoms with van der Waals surface area (Å²) >= 11 is 0. The number of hydrogen-bond acceptors (Lipinski definition) is 3. The van der Waals surface area contributed by atoms with Gasteiger partial charge in [0.05, 0.1) is 11.0 Å². The van der Waals surface area contributed by atoms with Crippen molar-refractivity contribution < 1.29 is 9.18 Å². The summed E-state index contributed by atoms with van der Waals surface area (Å²) in [6.07, 6.45) is 1.78. The molecule has 134 valence electrons. The van der Waals surface area contributed by atoms with Gasteiger partial charge in [-0.05, 0) is 50.1 Å². The van der Waals surface area contributed by atoms with Crippen LogP contribution in [0.15, 0.2) is 48.5 Å². The fraction of sp³-hybridized carbons (Fsp3) is 0.300. The van der Waals surface area contributed by atoms with Crippen LogP contribution in [0.1, 0.15) is 19.8 Å². The van der Waals surface area contributed by atoms with Gasteiger partial charge in [0, 0.05) is 18.8 Å². The van der Waals surface area contributed by atoms with Gasteiger partial charge in [-0.25, -0.2) is 9.37 Å². The molecule has 4 rings (SSSR count). The Morgan fingerprint density at radius 1 is 1.27 bits per heavy atom. The molecule has 1 aliphatic heterocycles. The Kier molecular flexibility index (Phi) is 4.32. The quantitative estimate of drug-likeness (QED) is 0.777. The summed E-state index contributed by atoms with van der Waals surface area (Å²) in [4.78, 5) is 19.5. The van der Waals surface area contributed by atoms with Gasteiger partial charge in [-0.15, -0.1) is 0 Å². The Bertz CT molecular complexity index is 938. The van der Waals surface area contributed by atoms with Gasteiger partial charge in [0.15, 0.2) is 0 Å². The number of nitrogens with zero attached hydrogens (tertiary/aromatic N) is 3. The van der Waals surface area contributed by atoms with Crippen LogP contribution < -0.4 is 10.2 Å². The van der Waals surface area contributed by atoms with Crippen LogP contribution in [0.3, 0.4) is 0 Å². The first kappa shape index (κ1) is 16.6. The SMILES string of the molecule is CCn1c(NC(=O)C2CCCN2c2ccccc2)nc2ccc(F)cc21. The molecule has 1 unspecified atom stereocenters. The number of aromatic nitrogens is 2. The molecule has 5 nitrogen and oxygen atoms in total. The molecule has 1 saturated heterocycles. The fourth-order valence-corrected chi connectivity index (χ4v) is 3.67. The standard InChI is InChI=1S/C20H21FN4O/c1-2-24-18-13-14(21)10-11-16(18)22-20(24)23-19(26)17-9-6-12-25(17)15-7-4-3-5-8-15/h3-5,7-8,10-11,13,17H,2,6,9,12H2,1H3,(H,22,23,26). The third-order valence-corrected chi connectivity index (χ3v) is 4.90. The average molecular weight is 352 g/mol. The number of aryl methyl sites for hydroxylation is 1. The lowest BCUT2D eigenvalue weighted by Gasteiger charge is -2.25. The van der Waals surface area contributed by atoms with E-state index in [1.54, 1.807) is 6.07 Å². The minimum absolute atomic E-state index is 0.0724. The second kappa shape index (κ2) is 6.78. The Hall–Kier alpha value is -2.89. The number of imidazole rings is 1. The minimum Gasteiger partial charge on any atom is -0.360 e. The second-order valence-electron chi connectivity index (χ2n) is 6.49. The molecular weight excluding hydrogens is 331 g/mol. The molecule has 2 heterocycles. The van der Waals surface area contributed by atoms with Gasteiger partial charge in [0.2, 0.25) is 11.9 Å². The van der Waals surface area contributed by atoms with Gasteiger partial charge in [0.25, 0.3) is 0 Å². The Morgan fingerprint density at radius 2 is 2.08 bits per heavy atom. The third-order valence-electron chi connectivity index (χ3n) is 4.90. The number of benzene rings is 2. The number of fused-ring (bicyclic) bond motifs is 1. The molecule has 0 aliphatic carbocycles. The summed E-state index contributed by atoms with van der Waals surface area (Å²) in [5.74, 6) is 0.0888. The highest BCUT2D eigenvalue weighted by Crippen LogP contribution is 2.27. The lowest BCUT2D eigenvalue weighted by Crippen LogP contribution is -2.40. The molecule has 26 heavy (non-hydrogen) atoms. The van der Waals surface area contributed by atoms with Crippen LogP contribution in [0, 0.1) is 5.82 Å². The number of para-hydroxylation sites is 1. The molecule has 1 amide bonds. The van der Waals surface area contributed by atoms with Gasteiger partial charge in [-0.3, -0.25) is 10.1 Å². The number of carbonyl (C=O) groups is 1. The summed E-state index contributed by atoms with van der Waals surface area (Å²) in [5.41, 5.74) is 2.42. The van der Waals surface area contributed by atoms with Gasteiger partial charge in [0.1, 0.15) is 11.9 Å². The summed E-state index contributed by atoms with van der Waals surface area (Å²) in [6.45, 7) is 3.41. The first-order valence-electron chi connectivity index (χ1n) is 8.95. The predicted molar refractivity (Wildman–Crippen MR) is 101 cm³/mol.